The first-order valence-electron chi connectivity index (χ1n) is 6.93. The molecular weight excluding hydrogens is 313 g/mol. The van der Waals surface area contributed by atoms with Crippen LogP contribution in [0.3, 0.4) is 0 Å². The first-order chi connectivity index (χ1) is 9.99. The third-order valence-corrected chi connectivity index (χ3v) is 4.45. The monoisotopic (exact) mass is 329 g/mol. The Morgan fingerprint density at radius 3 is 2.52 bits per heavy atom. The zero-order valence-electron chi connectivity index (χ0n) is 11.4. The van der Waals surface area contributed by atoms with Crippen LogP contribution in [-0.2, 0) is 16.0 Å². The number of hydrogen-bond donors (Lipinski definition) is 2. The van der Waals surface area contributed by atoms with Crippen molar-refractivity contribution in [3.05, 3.63) is 33.8 Å². The zero-order chi connectivity index (χ0) is 15.4. The molecule has 1 aromatic carbocycles. The van der Waals surface area contributed by atoms with Crippen molar-refractivity contribution in [1.29, 1.82) is 0 Å². The van der Waals surface area contributed by atoms with Crippen molar-refractivity contribution in [1.82, 2.24) is 5.32 Å². The Morgan fingerprint density at radius 1 is 1.24 bits per heavy atom. The number of carbonyl (C=O) groups is 2. The highest BCUT2D eigenvalue weighted by Crippen LogP contribution is 2.34. The minimum Gasteiger partial charge on any atom is -0.481 e. The van der Waals surface area contributed by atoms with Crippen molar-refractivity contribution in [2.24, 2.45) is 11.8 Å². The molecule has 0 radical (unpaired) electrons. The summed E-state index contributed by atoms with van der Waals surface area (Å²) in [5.41, 5.74) is 0.988. The van der Waals surface area contributed by atoms with Gasteiger partial charge in [-0.15, -0.1) is 0 Å². The van der Waals surface area contributed by atoms with E-state index in [0.29, 0.717) is 29.4 Å². The number of carboxylic acid groups (broad SMARTS) is 1. The van der Waals surface area contributed by atoms with Gasteiger partial charge in [0.25, 0.3) is 0 Å². The highest BCUT2D eigenvalue weighted by molar-refractivity contribution is 6.35. The van der Waals surface area contributed by atoms with Crippen LogP contribution in [0.25, 0.3) is 0 Å². The van der Waals surface area contributed by atoms with Gasteiger partial charge in [0.05, 0.1) is 11.8 Å². The Kier molecular flexibility index (Phi) is 5.48. The van der Waals surface area contributed by atoms with Crippen LogP contribution in [0, 0.1) is 11.8 Å². The minimum absolute atomic E-state index is 0.157. The molecule has 6 heteroatoms. The molecule has 1 fully saturated rings. The van der Waals surface area contributed by atoms with E-state index in [1.165, 1.54) is 0 Å². The van der Waals surface area contributed by atoms with Crippen LogP contribution in [0.2, 0.25) is 10.0 Å². The number of carboxylic acids is 1. The van der Waals surface area contributed by atoms with Gasteiger partial charge in [0.15, 0.2) is 0 Å². The Balaban J connectivity index is 1.72. The van der Waals surface area contributed by atoms with Crippen LogP contribution in [0.5, 0.6) is 0 Å². The summed E-state index contributed by atoms with van der Waals surface area (Å²) >= 11 is 11.9. The molecule has 1 amide bonds. The van der Waals surface area contributed by atoms with E-state index in [4.69, 9.17) is 28.3 Å². The summed E-state index contributed by atoms with van der Waals surface area (Å²) in [7, 11) is 0. The number of hydrogen-bond acceptors (Lipinski definition) is 2. The maximum absolute atomic E-state index is 11.8. The van der Waals surface area contributed by atoms with Crippen LogP contribution in [0.4, 0.5) is 0 Å². The quantitative estimate of drug-likeness (QED) is 0.788. The average molecular weight is 330 g/mol. The molecule has 0 aromatic heterocycles. The summed E-state index contributed by atoms with van der Waals surface area (Å²) in [6.07, 6.45) is 2.74. The molecule has 2 atom stereocenters. The molecule has 1 aromatic rings. The molecule has 0 bridgehead atoms. The molecular formula is C15H17Cl2NO3. The van der Waals surface area contributed by atoms with E-state index in [9.17, 15) is 9.59 Å². The summed E-state index contributed by atoms with van der Waals surface area (Å²) in [6, 6.07) is 5.36. The molecule has 2 unspecified atom stereocenters. The second kappa shape index (κ2) is 7.14. The lowest BCUT2D eigenvalue weighted by Crippen LogP contribution is -2.44. The topological polar surface area (TPSA) is 66.4 Å². The number of aliphatic carboxylic acids is 1. The van der Waals surface area contributed by atoms with E-state index >= 15 is 0 Å². The van der Waals surface area contributed by atoms with Crippen LogP contribution in [0.15, 0.2) is 18.2 Å². The second-order valence-corrected chi connectivity index (χ2v) is 6.10. The molecule has 0 saturated heterocycles. The van der Waals surface area contributed by atoms with E-state index in [0.717, 1.165) is 18.4 Å². The lowest BCUT2D eigenvalue weighted by Gasteiger charge is -2.31. The van der Waals surface area contributed by atoms with E-state index in [-0.39, 0.29) is 11.8 Å². The first-order valence-corrected chi connectivity index (χ1v) is 7.69. The lowest BCUT2D eigenvalue weighted by atomic mass is 9.73. The third-order valence-electron chi connectivity index (χ3n) is 3.87. The van der Waals surface area contributed by atoms with Gasteiger partial charge in [-0.2, -0.15) is 0 Å². The summed E-state index contributed by atoms with van der Waals surface area (Å²) in [6.45, 7) is 0.515. The van der Waals surface area contributed by atoms with E-state index in [1.807, 2.05) is 6.07 Å². The highest BCUT2D eigenvalue weighted by Gasteiger charge is 2.41. The highest BCUT2D eigenvalue weighted by atomic mass is 35.5. The van der Waals surface area contributed by atoms with E-state index < -0.39 is 11.9 Å². The molecule has 2 N–H and O–H groups in total. The SMILES string of the molecule is O=C(O)C1CCC1C(=O)NCCCc1ccc(Cl)cc1Cl. The molecule has 21 heavy (non-hydrogen) atoms. The zero-order valence-corrected chi connectivity index (χ0v) is 13.0. The van der Waals surface area contributed by atoms with E-state index in [1.54, 1.807) is 12.1 Å². The standard InChI is InChI=1S/C15H17Cl2NO3/c16-10-4-3-9(13(17)8-10)2-1-7-18-14(19)11-5-6-12(11)15(20)21/h3-4,8,11-12H,1-2,5-7H2,(H,18,19)(H,20,21). The predicted octanol–water partition coefficient (Wildman–Crippen LogP) is 3.15. The molecule has 1 saturated carbocycles. The van der Waals surface area contributed by atoms with Crippen LogP contribution < -0.4 is 5.32 Å². The smallest absolute Gasteiger partial charge is 0.307 e. The maximum atomic E-state index is 11.8. The first kappa shape index (κ1) is 16.1. The molecule has 1 aliphatic carbocycles. The van der Waals surface area contributed by atoms with Crippen LogP contribution in [-0.4, -0.2) is 23.5 Å². The number of benzene rings is 1. The maximum Gasteiger partial charge on any atom is 0.307 e. The van der Waals surface area contributed by atoms with Gasteiger partial charge in [-0.3, -0.25) is 9.59 Å². The minimum atomic E-state index is -0.880. The van der Waals surface area contributed by atoms with Crippen molar-refractivity contribution in [3.8, 4) is 0 Å². The van der Waals surface area contributed by atoms with Crippen molar-refractivity contribution in [2.75, 3.05) is 6.54 Å². The molecule has 0 heterocycles. The number of rotatable bonds is 6. The number of carbonyl (C=O) groups excluding carboxylic acids is 1. The van der Waals surface area contributed by atoms with Crippen molar-refractivity contribution in [2.45, 2.75) is 25.7 Å². The van der Waals surface area contributed by atoms with Gasteiger partial charge in [0.2, 0.25) is 5.91 Å². The molecule has 1 aliphatic rings. The normalized spacial score (nSPS) is 20.7. The average Bonchev–Trinajstić information content (AvgIpc) is 2.34. The lowest BCUT2D eigenvalue weighted by molar-refractivity contribution is -0.152. The van der Waals surface area contributed by atoms with Crippen molar-refractivity contribution < 1.29 is 14.7 Å². The Hall–Kier alpha value is -1.26. The molecule has 4 nitrogen and oxygen atoms in total. The molecule has 2 rings (SSSR count). The summed E-state index contributed by atoms with van der Waals surface area (Å²) in [5.74, 6) is -1.93. The molecule has 114 valence electrons. The van der Waals surface area contributed by atoms with Crippen molar-refractivity contribution in [3.63, 3.8) is 0 Å². The number of aryl methyl sites for hydroxylation is 1. The van der Waals surface area contributed by atoms with E-state index in [2.05, 4.69) is 5.32 Å². The molecule has 0 aliphatic heterocycles. The fourth-order valence-electron chi connectivity index (χ4n) is 2.46. The number of amides is 1. The third kappa shape index (κ3) is 4.11. The Bertz CT molecular complexity index is 548. The van der Waals surface area contributed by atoms with Gasteiger partial charge in [0.1, 0.15) is 0 Å². The number of nitrogens with one attached hydrogen (secondary N) is 1. The van der Waals surface area contributed by atoms with Crippen molar-refractivity contribution >= 4 is 35.1 Å². The summed E-state index contributed by atoms with van der Waals surface area (Å²) < 4.78 is 0. The van der Waals surface area contributed by atoms with Crippen LogP contribution in [0.1, 0.15) is 24.8 Å². The van der Waals surface area contributed by atoms with Gasteiger partial charge in [-0.25, -0.2) is 0 Å². The van der Waals surface area contributed by atoms with Gasteiger partial charge < -0.3 is 10.4 Å². The van der Waals surface area contributed by atoms with Gasteiger partial charge >= 0.3 is 5.97 Å². The largest absolute Gasteiger partial charge is 0.481 e. The predicted molar refractivity (Wildman–Crippen MR) is 81.6 cm³/mol. The summed E-state index contributed by atoms with van der Waals surface area (Å²) in [4.78, 5) is 22.7. The fourth-order valence-corrected chi connectivity index (χ4v) is 2.96. The van der Waals surface area contributed by atoms with Gasteiger partial charge in [0, 0.05) is 16.6 Å². The Morgan fingerprint density at radius 2 is 1.95 bits per heavy atom. The Labute approximate surface area is 133 Å². The van der Waals surface area contributed by atoms with Crippen LogP contribution >= 0.6 is 23.2 Å². The fraction of sp³-hybridized carbons (Fsp3) is 0.467. The molecule has 0 spiro atoms. The number of halogens is 2. The summed E-state index contributed by atoms with van der Waals surface area (Å²) in [5, 5.41) is 12.9. The van der Waals surface area contributed by atoms with Gasteiger partial charge in [-0.05, 0) is 43.4 Å². The van der Waals surface area contributed by atoms with Gasteiger partial charge in [-0.1, -0.05) is 29.3 Å². The second-order valence-electron chi connectivity index (χ2n) is 5.26.